The van der Waals surface area contributed by atoms with Crippen LogP contribution < -0.4 is 10.5 Å². The average molecular weight is 277 g/mol. The normalized spacial score (nSPS) is 12.2. The smallest absolute Gasteiger partial charge is 0.126 e. The van der Waals surface area contributed by atoms with Crippen LogP contribution in [0.15, 0.2) is 42.5 Å². The molecule has 0 saturated heterocycles. The zero-order chi connectivity index (χ0) is 14.5. The Bertz CT molecular complexity index is 566. The molecule has 0 spiro atoms. The third-order valence-electron chi connectivity index (χ3n) is 3.07. The van der Waals surface area contributed by atoms with Gasteiger partial charge < -0.3 is 10.5 Å². The van der Waals surface area contributed by atoms with Gasteiger partial charge in [-0.15, -0.1) is 0 Å². The second kappa shape index (κ2) is 6.48. The van der Waals surface area contributed by atoms with Crippen LogP contribution in [0, 0.1) is 11.6 Å². The van der Waals surface area contributed by atoms with Gasteiger partial charge in [0.15, 0.2) is 0 Å². The Kier molecular flexibility index (Phi) is 4.69. The summed E-state index contributed by atoms with van der Waals surface area (Å²) in [6, 6.07) is 10.7. The number of para-hydroxylation sites is 1. The van der Waals surface area contributed by atoms with Crippen molar-refractivity contribution in [2.75, 3.05) is 0 Å². The molecule has 0 aliphatic heterocycles. The van der Waals surface area contributed by atoms with Gasteiger partial charge in [-0.1, -0.05) is 25.1 Å². The molecule has 1 atom stereocenters. The zero-order valence-corrected chi connectivity index (χ0v) is 11.3. The summed E-state index contributed by atoms with van der Waals surface area (Å²) in [4.78, 5) is 0. The molecule has 2 aromatic rings. The van der Waals surface area contributed by atoms with E-state index >= 15 is 0 Å². The first-order chi connectivity index (χ1) is 9.60. The van der Waals surface area contributed by atoms with E-state index in [2.05, 4.69) is 0 Å². The number of nitrogens with two attached hydrogens (primary N) is 1. The second-order valence-electron chi connectivity index (χ2n) is 4.62. The fourth-order valence-electron chi connectivity index (χ4n) is 1.99. The molecule has 0 radical (unpaired) electrons. The lowest BCUT2D eigenvalue weighted by molar-refractivity contribution is 0.299. The first-order valence-electron chi connectivity index (χ1n) is 6.52. The van der Waals surface area contributed by atoms with Crippen LogP contribution in [-0.4, -0.2) is 0 Å². The van der Waals surface area contributed by atoms with Crippen molar-refractivity contribution in [2.24, 2.45) is 5.73 Å². The third-order valence-corrected chi connectivity index (χ3v) is 3.07. The van der Waals surface area contributed by atoms with Crippen molar-refractivity contribution in [2.45, 2.75) is 26.0 Å². The van der Waals surface area contributed by atoms with Crippen molar-refractivity contribution in [1.29, 1.82) is 0 Å². The topological polar surface area (TPSA) is 35.2 Å². The molecular formula is C16H17F2NO. The van der Waals surface area contributed by atoms with Gasteiger partial charge in [-0.2, -0.15) is 0 Å². The number of rotatable bonds is 5. The Morgan fingerprint density at radius 2 is 1.75 bits per heavy atom. The molecule has 0 amide bonds. The Morgan fingerprint density at radius 1 is 1.10 bits per heavy atom. The van der Waals surface area contributed by atoms with E-state index in [0.29, 0.717) is 11.3 Å². The van der Waals surface area contributed by atoms with Gasteiger partial charge in [0.1, 0.15) is 24.0 Å². The third kappa shape index (κ3) is 3.54. The average Bonchev–Trinajstić information content (AvgIpc) is 2.43. The van der Waals surface area contributed by atoms with E-state index in [1.54, 1.807) is 6.07 Å². The highest BCUT2D eigenvalue weighted by Gasteiger charge is 2.10. The van der Waals surface area contributed by atoms with E-state index in [-0.39, 0.29) is 12.6 Å². The van der Waals surface area contributed by atoms with Crippen LogP contribution in [-0.2, 0) is 6.61 Å². The van der Waals surface area contributed by atoms with E-state index in [1.165, 1.54) is 12.1 Å². The van der Waals surface area contributed by atoms with E-state index in [1.807, 2.05) is 25.1 Å². The molecule has 0 heterocycles. The number of hydrogen-bond donors (Lipinski definition) is 1. The minimum atomic E-state index is -0.609. The number of ether oxygens (including phenoxy) is 1. The maximum atomic E-state index is 13.1. The molecule has 2 nitrogen and oxygen atoms in total. The maximum absolute atomic E-state index is 13.1. The molecule has 0 bridgehead atoms. The molecular weight excluding hydrogens is 260 g/mol. The molecule has 0 fully saturated rings. The van der Waals surface area contributed by atoms with Crippen LogP contribution in [0.4, 0.5) is 8.78 Å². The van der Waals surface area contributed by atoms with Crippen molar-refractivity contribution >= 4 is 0 Å². The van der Waals surface area contributed by atoms with Crippen LogP contribution in [0.1, 0.15) is 30.5 Å². The molecule has 4 heteroatoms. The molecule has 0 aromatic heterocycles. The minimum Gasteiger partial charge on any atom is -0.489 e. The van der Waals surface area contributed by atoms with E-state index in [4.69, 9.17) is 10.5 Å². The monoisotopic (exact) mass is 277 g/mol. The summed E-state index contributed by atoms with van der Waals surface area (Å²) in [5.74, 6) is -0.573. The highest BCUT2D eigenvalue weighted by atomic mass is 19.1. The summed E-state index contributed by atoms with van der Waals surface area (Å²) in [6.07, 6.45) is 0.787. The van der Waals surface area contributed by atoms with Gasteiger partial charge in [0, 0.05) is 17.7 Å². The first-order valence-corrected chi connectivity index (χ1v) is 6.52. The van der Waals surface area contributed by atoms with Crippen LogP contribution >= 0.6 is 0 Å². The fourth-order valence-corrected chi connectivity index (χ4v) is 1.99. The molecule has 20 heavy (non-hydrogen) atoms. The lowest BCUT2D eigenvalue weighted by atomic mass is 10.0. The summed E-state index contributed by atoms with van der Waals surface area (Å²) < 4.78 is 31.8. The Hall–Kier alpha value is -1.94. The Balaban J connectivity index is 2.14. The summed E-state index contributed by atoms with van der Waals surface area (Å²) >= 11 is 0. The zero-order valence-electron chi connectivity index (χ0n) is 11.3. The van der Waals surface area contributed by atoms with Gasteiger partial charge in [-0.05, 0) is 30.2 Å². The summed E-state index contributed by atoms with van der Waals surface area (Å²) in [7, 11) is 0. The first kappa shape index (κ1) is 14.5. The van der Waals surface area contributed by atoms with Crippen molar-refractivity contribution in [3.05, 3.63) is 65.2 Å². The number of benzene rings is 2. The second-order valence-corrected chi connectivity index (χ2v) is 4.62. The molecule has 2 aromatic carbocycles. The van der Waals surface area contributed by atoms with Crippen LogP contribution in [0.2, 0.25) is 0 Å². The van der Waals surface area contributed by atoms with Crippen LogP contribution in [0.5, 0.6) is 5.75 Å². The molecule has 0 unspecified atom stereocenters. The lowest BCUT2D eigenvalue weighted by Gasteiger charge is -2.15. The lowest BCUT2D eigenvalue weighted by Crippen LogP contribution is -2.10. The Morgan fingerprint density at radius 3 is 2.40 bits per heavy atom. The van der Waals surface area contributed by atoms with E-state index in [9.17, 15) is 8.78 Å². The quantitative estimate of drug-likeness (QED) is 0.898. The molecule has 0 saturated carbocycles. The fraction of sp³-hybridized carbons (Fsp3) is 0.250. The van der Waals surface area contributed by atoms with Crippen LogP contribution in [0.3, 0.4) is 0 Å². The molecule has 106 valence electrons. The van der Waals surface area contributed by atoms with Gasteiger partial charge in [0.05, 0.1) is 0 Å². The van der Waals surface area contributed by atoms with E-state index in [0.717, 1.165) is 18.1 Å². The number of hydrogen-bond acceptors (Lipinski definition) is 2. The van der Waals surface area contributed by atoms with Crippen molar-refractivity contribution < 1.29 is 13.5 Å². The predicted octanol–water partition coefficient (Wildman–Crippen LogP) is 3.95. The van der Waals surface area contributed by atoms with Crippen molar-refractivity contribution in [3.8, 4) is 5.75 Å². The van der Waals surface area contributed by atoms with Gasteiger partial charge >= 0.3 is 0 Å². The molecule has 0 aliphatic carbocycles. The maximum Gasteiger partial charge on any atom is 0.126 e. The molecule has 2 N–H and O–H groups in total. The van der Waals surface area contributed by atoms with Gasteiger partial charge in [0.25, 0.3) is 0 Å². The highest BCUT2D eigenvalue weighted by Crippen LogP contribution is 2.26. The van der Waals surface area contributed by atoms with Gasteiger partial charge in [-0.25, -0.2) is 8.78 Å². The van der Waals surface area contributed by atoms with Crippen molar-refractivity contribution in [3.63, 3.8) is 0 Å². The van der Waals surface area contributed by atoms with Crippen molar-refractivity contribution in [1.82, 2.24) is 0 Å². The SMILES string of the molecule is CC[C@H](N)c1ccccc1OCc1cc(F)cc(F)c1. The molecule has 0 aliphatic rings. The summed E-state index contributed by atoms with van der Waals surface area (Å²) in [6.45, 7) is 2.09. The summed E-state index contributed by atoms with van der Waals surface area (Å²) in [5.41, 5.74) is 7.35. The summed E-state index contributed by atoms with van der Waals surface area (Å²) in [5, 5.41) is 0. The number of halogens is 2. The van der Waals surface area contributed by atoms with E-state index < -0.39 is 11.6 Å². The largest absolute Gasteiger partial charge is 0.489 e. The minimum absolute atomic E-state index is 0.0993. The molecule has 2 rings (SSSR count). The van der Waals surface area contributed by atoms with Crippen LogP contribution in [0.25, 0.3) is 0 Å². The standard InChI is InChI=1S/C16H17F2NO/c1-2-15(19)14-5-3-4-6-16(14)20-10-11-7-12(17)9-13(18)8-11/h3-9,15H,2,10,19H2,1H3/t15-/m0/s1. The van der Waals surface area contributed by atoms with Gasteiger partial charge in [0.2, 0.25) is 0 Å². The predicted molar refractivity (Wildman–Crippen MR) is 74.4 cm³/mol. The van der Waals surface area contributed by atoms with Gasteiger partial charge in [-0.3, -0.25) is 0 Å². The highest BCUT2D eigenvalue weighted by molar-refractivity contribution is 5.36. The Labute approximate surface area is 117 Å².